The Bertz CT molecular complexity index is 4880. The van der Waals surface area contributed by atoms with Crippen molar-refractivity contribution in [2.75, 3.05) is 4.90 Å². The average molecular weight is 1070 g/mol. The summed E-state index contributed by atoms with van der Waals surface area (Å²) >= 11 is 0. The molecule has 0 unspecified atom stereocenters. The lowest BCUT2D eigenvalue weighted by Gasteiger charge is -2.32. The van der Waals surface area contributed by atoms with Crippen LogP contribution in [-0.2, 0) is 10.8 Å². The van der Waals surface area contributed by atoms with Gasteiger partial charge in [-0.3, -0.25) is 4.57 Å². The SMILES string of the molecule is CC1(C)c2ccccc2-c2cc3c4cc(-c5ccc(N(c6cccc(-c7ccccc7)c6)c6cccc7c6-c6ccccc6C76c7ccccc7-c7ccccc76)cc5)ccc4n(-c4nc(-c5ccccc5)nc(-c5ccccc5)n4)c3cc21. The minimum atomic E-state index is -0.476. The summed E-state index contributed by atoms with van der Waals surface area (Å²) in [6, 6.07) is 104. The number of nitrogens with zero attached hydrogens (tertiary/aromatic N) is 5. The molecule has 0 bridgehead atoms. The van der Waals surface area contributed by atoms with Crippen LogP contribution in [0.1, 0.15) is 47.2 Å². The molecule has 14 aromatic rings. The van der Waals surface area contributed by atoms with E-state index in [1.165, 1.54) is 72.3 Å². The van der Waals surface area contributed by atoms with Gasteiger partial charge >= 0.3 is 0 Å². The Kier molecular flexibility index (Phi) is 10.5. The summed E-state index contributed by atoms with van der Waals surface area (Å²) in [5.41, 5.74) is 26.6. The molecule has 0 fully saturated rings. The van der Waals surface area contributed by atoms with Gasteiger partial charge in [-0.25, -0.2) is 4.98 Å². The summed E-state index contributed by atoms with van der Waals surface area (Å²) in [6.45, 7) is 4.69. The number of hydrogen-bond donors (Lipinski definition) is 0. The Morgan fingerprint density at radius 1 is 0.310 bits per heavy atom. The minimum absolute atomic E-state index is 0.216. The van der Waals surface area contributed by atoms with Crippen molar-refractivity contribution in [3.8, 4) is 84.4 Å². The lowest BCUT2D eigenvalue weighted by atomic mass is 9.70. The van der Waals surface area contributed by atoms with Gasteiger partial charge in [0.25, 0.3) is 0 Å². The van der Waals surface area contributed by atoms with Gasteiger partial charge < -0.3 is 4.90 Å². The van der Waals surface area contributed by atoms with E-state index in [9.17, 15) is 0 Å². The number of fused-ring (bicyclic) bond motifs is 16. The highest BCUT2D eigenvalue weighted by Crippen LogP contribution is 2.65. The second kappa shape index (κ2) is 18.4. The summed E-state index contributed by atoms with van der Waals surface area (Å²) in [4.78, 5) is 18.2. The lowest BCUT2D eigenvalue weighted by Crippen LogP contribution is -2.26. The van der Waals surface area contributed by atoms with Gasteiger partial charge in [0.2, 0.25) is 5.95 Å². The Balaban J connectivity index is 0.854. The summed E-state index contributed by atoms with van der Waals surface area (Å²) in [7, 11) is 0. The lowest BCUT2D eigenvalue weighted by molar-refractivity contribution is 0.661. The van der Waals surface area contributed by atoms with Gasteiger partial charge in [-0.15, -0.1) is 0 Å². The molecule has 0 amide bonds. The average Bonchev–Trinajstić information content (AvgIpc) is 1.59. The van der Waals surface area contributed by atoms with Crippen molar-refractivity contribution >= 4 is 38.9 Å². The van der Waals surface area contributed by atoms with Crippen LogP contribution in [0.25, 0.3) is 106 Å². The molecule has 0 N–H and O–H groups in total. The summed E-state index contributed by atoms with van der Waals surface area (Å²) in [5.74, 6) is 1.82. The molecule has 0 aliphatic heterocycles. The quantitative estimate of drug-likeness (QED) is 0.152. The Morgan fingerprint density at radius 3 is 1.43 bits per heavy atom. The summed E-state index contributed by atoms with van der Waals surface area (Å²) in [6.07, 6.45) is 0. The van der Waals surface area contributed by atoms with E-state index in [-0.39, 0.29) is 5.41 Å². The number of anilines is 3. The van der Waals surface area contributed by atoms with Crippen molar-refractivity contribution in [3.63, 3.8) is 0 Å². The van der Waals surface area contributed by atoms with E-state index in [1.807, 2.05) is 36.4 Å². The van der Waals surface area contributed by atoms with Crippen LogP contribution in [0.2, 0.25) is 0 Å². The van der Waals surface area contributed by atoms with Crippen LogP contribution in [-0.4, -0.2) is 19.5 Å². The molecule has 0 saturated heterocycles. The van der Waals surface area contributed by atoms with Crippen molar-refractivity contribution in [3.05, 3.63) is 318 Å². The second-order valence-electron chi connectivity index (χ2n) is 23.1. The Labute approximate surface area is 488 Å². The van der Waals surface area contributed by atoms with E-state index in [2.05, 4.69) is 272 Å². The van der Waals surface area contributed by atoms with Gasteiger partial charge in [0, 0.05) is 44.3 Å². The van der Waals surface area contributed by atoms with E-state index >= 15 is 0 Å². The van der Waals surface area contributed by atoms with Crippen LogP contribution in [0.3, 0.4) is 0 Å². The monoisotopic (exact) mass is 1070 g/mol. The smallest absolute Gasteiger partial charge is 0.238 e. The third-order valence-electron chi connectivity index (χ3n) is 18.3. The number of hydrogen-bond acceptors (Lipinski definition) is 4. The zero-order valence-corrected chi connectivity index (χ0v) is 46.4. The number of benzene rings is 12. The number of rotatable bonds is 8. The molecule has 0 atom stereocenters. The van der Waals surface area contributed by atoms with E-state index in [1.54, 1.807) is 0 Å². The molecule has 2 aromatic heterocycles. The molecule has 3 aliphatic rings. The van der Waals surface area contributed by atoms with E-state index in [0.717, 1.165) is 66.7 Å². The molecule has 3 aliphatic carbocycles. The zero-order chi connectivity index (χ0) is 55.7. The van der Waals surface area contributed by atoms with Crippen molar-refractivity contribution in [2.24, 2.45) is 0 Å². The first kappa shape index (κ1) is 48.0. The molecule has 2 heterocycles. The molecule has 1 spiro atoms. The minimum Gasteiger partial charge on any atom is -0.310 e. The first-order chi connectivity index (χ1) is 41.4. The molecule has 84 heavy (non-hydrogen) atoms. The third-order valence-corrected chi connectivity index (χ3v) is 18.3. The highest BCUT2D eigenvalue weighted by molar-refractivity contribution is 6.13. The highest BCUT2D eigenvalue weighted by atomic mass is 15.2. The maximum atomic E-state index is 5.33. The first-order valence-corrected chi connectivity index (χ1v) is 29.0. The van der Waals surface area contributed by atoms with E-state index in [4.69, 9.17) is 15.0 Å². The largest absolute Gasteiger partial charge is 0.310 e. The third kappa shape index (κ3) is 6.99. The fraction of sp³-hybridized carbons (Fsp3) is 0.0506. The molecular weight excluding hydrogens is 1020 g/mol. The topological polar surface area (TPSA) is 46.8 Å². The van der Waals surface area contributed by atoms with E-state index in [0.29, 0.717) is 17.6 Å². The Morgan fingerprint density at radius 2 is 0.786 bits per heavy atom. The van der Waals surface area contributed by atoms with Crippen molar-refractivity contribution in [2.45, 2.75) is 24.7 Å². The number of aromatic nitrogens is 4. The molecule has 0 radical (unpaired) electrons. The normalized spacial score (nSPS) is 13.5. The van der Waals surface area contributed by atoms with Crippen LogP contribution in [0.4, 0.5) is 17.1 Å². The zero-order valence-electron chi connectivity index (χ0n) is 46.4. The maximum absolute atomic E-state index is 5.33. The van der Waals surface area contributed by atoms with Gasteiger partial charge in [0.15, 0.2) is 11.6 Å². The second-order valence-corrected chi connectivity index (χ2v) is 23.1. The van der Waals surface area contributed by atoms with Gasteiger partial charge in [0.1, 0.15) is 0 Å². The molecule has 5 heteroatoms. The van der Waals surface area contributed by atoms with Crippen LogP contribution in [0.15, 0.2) is 285 Å². The van der Waals surface area contributed by atoms with Crippen molar-refractivity contribution < 1.29 is 0 Å². The highest BCUT2D eigenvalue weighted by Gasteiger charge is 2.52. The van der Waals surface area contributed by atoms with Crippen LogP contribution in [0.5, 0.6) is 0 Å². The predicted molar refractivity (Wildman–Crippen MR) is 344 cm³/mol. The fourth-order valence-electron chi connectivity index (χ4n) is 14.5. The molecule has 5 nitrogen and oxygen atoms in total. The molecule has 12 aromatic carbocycles. The van der Waals surface area contributed by atoms with Crippen molar-refractivity contribution in [1.29, 1.82) is 0 Å². The molecule has 17 rings (SSSR count). The van der Waals surface area contributed by atoms with Crippen molar-refractivity contribution in [1.82, 2.24) is 19.5 Å². The molecular formula is C79H53N5. The molecule has 394 valence electrons. The predicted octanol–water partition coefficient (Wildman–Crippen LogP) is 19.8. The van der Waals surface area contributed by atoms with Gasteiger partial charge in [-0.1, -0.05) is 244 Å². The van der Waals surface area contributed by atoms with Gasteiger partial charge in [-0.2, -0.15) is 9.97 Å². The first-order valence-electron chi connectivity index (χ1n) is 29.0. The van der Waals surface area contributed by atoms with Crippen LogP contribution in [0, 0.1) is 0 Å². The summed E-state index contributed by atoms with van der Waals surface area (Å²) < 4.78 is 2.27. The summed E-state index contributed by atoms with van der Waals surface area (Å²) in [5, 5.41) is 2.27. The van der Waals surface area contributed by atoms with Gasteiger partial charge in [0.05, 0.1) is 22.1 Å². The van der Waals surface area contributed by atoms with Gasteiger partial charge in [-0.05, 0) is 138 Å². The fourth-order valence-corrected chi connectivity index (χ4v) is 14.5. The standard InChI is InChI=1S/C79H53N5/c1-78(2)65-34-16-12-32-60(65)62-48-64-63-47-55(42-45-71(63)84(73(64)49-70(62)78)77-81-75(52-24-8-4-9-25-52)80-76(82-77)53-26-10-5-11-27-53)51-40-43-56(44-41-51)83(57-29-20-28-54(46-57)50-22-6-3-7-23-50)72-39-21-38-69-74(72)61-33-15-19-37-68(61)79(69)66-35-17-13-30-58(66)59-31-14-18-36-67(59)79/h3-49H,1-2H3. The Hall–Kier alpha value is -10.8. The molecule has 0 saturated carbocycles. The van der Waals surface area contributed by atoms with Crippen LogP contribution < -0.4 is 4.90 Å². The van der Waals surface area contributed by atoms with Crippen LogP contribution >= 0.6 is 0 Å². The maximum Gasteiger partial charge on any atom is 0.238 e. The van der Waals surface area contributed by atoms with E-state index < -0.39 is 5.41 Å².